The highest BCUT2D eigenvalue weighted by Crippen LogP contribution is 2.35. The van der Waals surface area contributed by atoms with Gasteiger partial charge >= 0.3 is 0 Å². The molecule has 0 fully saturated rings. The van der Waals surface area contributed by atoms with Gasteiger partial charge in [0.25, 0.3) is 0 Å². The number of benzene rings is 2. The van der Waals surface area contributed by atoms with Gasteiger partial charge in [-0.15, -0.1) is 11.8 Å². The van der Waals surface area contributed by atoms with Crippen LogP contribution in [0.2, 0.25) is 0 Å². The van der Waals surface area contributed by atoms with Crippen LogP contribution in [0.1, 0.15) is 19.4 Å². The second-order valence-corrected chi connectivity index (χ2v) is 6.75. The van der Waals surface area contributed by atoms with Gasteiger partial charge in [0.1, 0.15) is 18.6 Å². The van der Waals surface area contributed by atoms with Crippen molar-refractivity contribution in [3.05, 3.63) is 66.0 Å². The van der Waals surface area contributed by atoms with Crippen LogP contribution < -0.4 is 0 Å². The Balaban J connectivity index is 2.32. The largest absolute Gasteiger partial charge is 0.399 e. The van der Waals surface area contributed by atoms with Gasteiger partial charge in [0.15, 0.2) is 0 Å². The molecule has 0 bridgehead atoms. The Morgan fingerprint density at radius 1 is 1.05 bits per heavy atom. The minimum absolute atomic E-state index is 0.260. The lowest BCUT2D eigenvalue weighted by Crippen LogP contribution is -2.29. The molecule has 0 aliphatic rings. The highest BCUT2D eigenvalue weighted by atomic mass is 32.2. The summed E-state index contributed by atoms with van der Waals surface area (Å²) in [7, 11) is 1.52. The molecule has 0 saturated heterocycles. The first-order valence-electron chi connectivity index (χ1n) is 6.64. The van der Waals surface area contributed by atoms with Crippen LogP contribution in [0.5, 0.6) is 0 Å². The number of hydrogen-bond donors (Lipinski definition) is 0. The predicted octanol–water partition coefficient (Wildman–Crippen LogP) is 4.75. The van der Waals surface area contributed by atoms with Crippen LogP contribution in [0.15, 0.2) is 64.6 Å². The molecule has 0 aromatic heterocycles. The average Bonchev–Trinajstić information content (AvgIpc) is 2.46. The fourth-order valence-corrected chi connectivity index (χ4v) is 3.18. The van der Waals surface area contributed by atoms with Crippen LogP contribution in [0.3, 0.4) is 0 Å². The van der Waals surface area contributed by atoms with E-state index >= 15 is 0 Å². The van der Waals surface area contributed by atoms with E-state index < -0.39 is 0 Å². The number of halogens is 1. The van der Waals surface area contributed by atoms with Crippen molar-refractivity contribution in [2.45, 2.75) is 23.5 Å². The van der Waals surface area contributed by atoms with E-state index in [4.69, 9.17) is 4.84 Å². The molecule has 0 heterocycles. The molecule has 21 heavy (non-hydrogen) atoms. The van der Waals surface area contributed by atoms with E-state index in [1.54, 1.807) is 23.9 Å². The minimum atomic E-state index is -0.310. The molecule has 0 saturated carbocycles. The summed E-state index contributed by atoms with van der Waals surface area (Å²) in [4.78, 5) is 6.14. The highest BCUT2D eigenvalue weighted by molar-refractivity contribution is 8.01. The topological polar surface area (TPSA) is 21.6 Å². The van der Waals surface area contributed by atoms with Crippen LogP contribution in [-0.2, 0) is 4.84 Å². The first-order valence-corrected chi connectivity index (χ1v) is 7.46. The summed E-state index contributed by atoms with van der Waals surface area (Å²) in [5, 5.41) is 4.17. The summed E-state index contributed by atoms with van der Waals surface area (Å²) in [6.45, 7) is 4.15. The molecule has 0 aliphatic carbocycles. The first-order chi connectivity index (χ1) is 10.0. The van der Waals surface area contributed by atoms with Crippen molar-refractivity contribution in [2.24, 2.45) is 5.16 Å². The van der Waals surface area contributed by atoms with Crippen LogP contribution in [0.25, 0.3) is 0 Å². The van der Waals surface area contributed by atoms with Crippen molar-refractivity contribution in [3.63, 3.8) is 0 Å². The van der Waals surface area contributed by atoms with Gasteiger partial charge in [0, 0.05) is 10.5 Å². The van der Waals surface area contributed by atoms with Crippen LogP contribution in [-0.4, -0.2) is 17.6 Å². The molecule has 2 aromatic rings. The Bertz CT molecular complexity index is 608. The third kappa shape index (κ3) is 4.08. The zero-order valence-electron chi connectivity index (χ0n) is 12.3. The third-order valence-corrected chi connectivity index (χ3v) is 4.20. The molecule has 0 atom stereocenters. The molecular weight excluding hydrogens is 285 g/mol. The van der Waals surface area contributed by atoms with Crippen molar-refractivity contribution in [1.82, 2.24) is 0 Å². The Kier molecular flexibility index (Phi) is 5.02. The minimum Gasteiger partial charge on any atom is -0.399 e. The Morgan fingerprint density at radius 2 is 1.67 bits per heavy atom. The second-order valence-electron chi connectivity index (χ2n) is 5.05. The Labute approximate surface area is 129 Å². The summed E-state index contributed by atoms with van der Waals surface area (Å²) in [6, 6.07) is 16.4. The molecule has 0 unspecified atom stereocenters. The summed E-state index contributed by atoms with van der Waals surface area (Å²) < 4.78 is 12.8. The Hall–Kier alpha value is -1.81. The summed E-state index contributed by atoms with van der Waals surface area (Å²) >= 11 is 1.69. The van der Waals surface area contributed by atoms with Crippen molar-refractivity contribution in [2.75, 3.05) is 7.11 Å². The molecule has 0 amide bonds. The fraction of sp³-hybridized carbons (Fsp3) is 0.235. The molecule has 2 nitrogen and oxygen atoms in total. The van der Waals surface area contributed by atoms with Gasteiger partial charge in [-0.05, 0) is 38.1 Å². The van der Waals surface area contributed by atoms with Gasteiger partial charge in [0.2, 0.25) is 0 Å². The lowest BCUT2D eigenvalue weighted by Gasteiger charge is -2.25. The van der Waals surface area contributed by atoms with Gasteiger partial charge < -0.3 is 4.84 Å². The van der Waals surface area contributed by atoms with Crippen molar-refractivity contribution in [1.29, 1.82) is 0 Å². The molecule has 4 heteroatoms. The smallest absolute Gasteiger partial charge is 0.123 e. The SMILES string of the molecule is CON=C(c1ccc(F)cc1)C(C)(C)Sc1ccccc1. The standard InChI is InChI=1S/C17H18FNOS/c1-17(2,21-15-7-5-4-6-8-15)16(19-20-3)13-9-11-14(18)12-10-13/h4-12H,1-3H3. The molecule has 0 N–H and O–H groups in total. The highest BCUT2D eigenvalue weighted by Gasteiger charge is 2.28. The third-order valence-electron chi connectivity index (χ3n) is 2.99. The normalized spacial score (nSPS) is 12.3. The molecule has 0 radical (unpaired) electrons. The fourth-order valence-electron chi connectivity index (χ4n) is 2.04. The molecule has 0 aliphatic heterocycles. The van der Waals surface area contributed by atoms with Gasteiger partial charge in [0.05, 0.1) is 4.75 Å². The molecule has 2 aromatic carbocycles. The number of thioether (sulfide) groups is 1. The monoisotopic (exact) mass is 303 g/mol. The number of hydrogen-bond acceptors (Lipinski definition) is 3. The predicted molar refractivity (Wildman–Crippen MR) is 86.3 cm³/mol. The molecule has 2 rings (SSSR count). The van der Waals surface area contributed by atoms with Crippen molar-refractivity contribution < 1.29 is 9.23 Å². The average molecular weight is 303 g/mol. The summed E-state index contributed by atoms with van der Waals surface area (Å²) in [5.41, 5.74) is 1.63. The van der Waals surface area contributed by atoms with Crippen molar-refractivity contribution >= 4 is 17.5 Å². The molecular formula is C17H18FNOS. The quantitative estimate of drug-likeness (QED) is 0.452. The maximum Gasteiger partial charge on any atom is 0.123 e. The first kappa shape index (κ1) is 15.6. The molecule has 0 spiro atoms. The van der Waals surface area contributed by atoms with Crippen LogP contribution in [0, 0.1) is 5.82 Å². The van der Waals surface area contributed by atoms with E-state index in [1.807, 2.05) is 18.2 Å². The zero-order valence-corrected chi connectivity index (χ0v) is 13.2. The van der Waals surface area contributed by atoms with Crippen LogP contribution in [0.4, 0.5) is 4.39 Å². The second kappa shape index (κ2) is 6.76. The van der Waals surface area contributed by atoms with E-state index in [1.165, 1.54) is 19.2 Å². The van der Waals surface area contributed by atoms with Gasteiger partial charge in [-0.1, -0.05) is 35.5 Å². The number of rotatable bonds is 5. The van der Waals surface area contributed by atoms with E-state index in [2.05, 4.69) is 31.1 Å². The summed E-state index contributed by atoms with van der Waals surface area (Å²) in [5.74, 6) is -0.260. The van der Waals surface area contributed by atoms with Crippen molar-refractivity contribution in [3.8, 4) is 0 Å². The lowest BCUT2D eigenvalue weighted by molar-refractivity contribution is 0.212. The maximum atomic E-state index is 13.1. The van der Waals surface area contributed by atoms with Gasteiger partial charge in [-0.3, -0.25) is 0 Å². The number of oxime groups is 1. The molecule has 110 valence electrons. The maximum absolute atomic E-state index is 13.1. The number of nitrogens with zero attached hydrogens (tertiary/aromatic N) is 1. The zero-order chi connectivity index (χ0) is 15.3. The van der Waals surface area contributed by atoms with E-state index in [-0.39, 0.29) is 10.6 Å². The van der Waals surface area contributed by atoms with Gasteiger partial charge in [-0.2, -0.15) is 0 Å². The summed E-state index contributed by atoms with van der Waals surface area (Å²) in [6.07, 6.45) is 0. The van der Waals surface area contributed by atoms with E-state index in [0.717, 1.165) is 16.2 Å². The lowest BCUT2D eigenvalue weighted by atomic mass is 9.99. The van der Waals surface area contributed by atoms with Gasteiger partial charge in [-0.25, -0.2) is 4.39 Å². The van der Waals surface area contributed by atoms with E-state index in [9.17, 15) is 4.39 Å². The van der Waals surface area contributed by atoms with E-state index in [0.29, 0.717) is 0 Å². The van der Waals surface area contributed by atoms with Crippen LogP contribution >= 0.6 is 11.8 Å². The Morgan fingerprint density at radius 3 is 2.24 bits per heavy atom.